The summed E-state index contributed by atoms with van der Waals surface area (Å²) < 4.78 is 21.4. The smallest absolute Gasteiger partial charge is 0.131 e. The summed E-state index contributed by atoms with van der Waals surface area (Å²) in [5.41, 5.74) is 4.10. The second-order valence-electron chi connectivity index (χ2n) is 9.10. The average molecular weight is 454 g/mol. The van der Waals surface area contributed by atoms with Gasteiger partial charge in [0.1, 0.15) is 5.82 Å². The Morgan fingerprint density at radius 3 is 2.62 bits per heavy atom. The number of aryl methyl sites for hydroxylation is 1. The van der Waals surface area contributed by atoms with Crippen LogP contribution in [0.4, 0.5) is 11.5 Å². The molecular weight excluding hydrogens is 422 g/mol. The molecule has 0 radical (unpaired) electrons. The number of aromatic nitrogens is 1. The maximum absolute atomic E-state index is 10.7. The first kappa shape index (κ1) is 21.5. The first-order valence-electron chi connectivity index (χ1n) is 11.3. The summed E-state index contributed by atoms with van der Waals surface area (Å²) >= 11 is 0. The quantitative estimate of drug-likeness (QED) is 0.425. The van der Waals surface area contributed by atoms with E-state index >= 15 is 0 Å². The van der Waals surface area contributed by atoms with Gasteiger partial charge in [-0.3, -0.25) is 9.11 Å². The van der Waals surface area contributed by atoms with Crippen molar-refractivity contribution in [2.75, 3.05) is 22.5 Å². The molecule has 2 heterocycles. The zero-order valence-corrected chi connectivity index (χ0v) is 19.2. The van der Waals surface area contributed by atoms with E-state index in [1.165, 1.54) is 5.56 Å². The molecule has 2 aromatic carbocycles. The van der Waals surface area contributed by atoms with Crippen molar-refractivity contribution in [2.45, 2.75) is 56.2 Å². The molecule has 1 saturated carbocycles. The van der Waals surface area contributed by atoms with Gasteiger partial charge >= 0.3 is 0 Å². The van der Waals surface area contributed by atoms with Crippen LogP contribution < -0.4 is 10.2 Å². The van der Waals surface area contributed by atoms with E-state index in [1.54, 1.807) is 0 Å². The fourth-order valence-electron chi connectivity index (χ4n) is 4.83. The summed E-state index contributed by atoms with van der Waals surface area (Å²) in [7, 11) is -2.81. The number of rotatable bonds is 3. The van der Waals surface area contributed by atoms with E-state index in [2.05, 4.69) is 41.4 Å². The molecule has 1 aromatic heterocycles. The zero-order chi connectivity index (χ0) is 22.3. The molecule has 1 fully saturated rings. The van der Waals surface area contributed by atoms with Crippen LogP contribution >= 0.6 is 10.6 Å². The van der Waals surface area contributed by atoms with E-state index in [1.807, 2.05) is 24.3 Å². The van der Waals surface area contributed by atoms with Gasteiger partial charge in [-0.05, 0) is 56.4 Å². The van der Waals surface area contributed by atoms with Crippen LogP contribution in [0, 0.1) is 6.92 Å². The highest BCUT2D eigenvalue weighted by Gasteiger charge is 2.27. The Morgan fingerprint density at radius 2 is 1.81 bits per heavy atom. The molecule has 5 rings (SSSR count). The van der Waals surface area contributed by atoms with Gasteiger partial charge in [0.05, 0.1) is 22.3 Å². The Bertz CT molecular complexity index is 1130. The van der Waals surface area contributed by atoms with Gasteiger partial charge in [0, 0.05) is 36.3 Å². The monoisotopic (exact) mass is 453 g/mol. The first-order chi connectivity index (χ1) is 15.4. The SMILES string of the molecule is Cc1ccc2nc(N3CCS(O)(O)c4ccccc4C3)cc(N[C@H]3CC[C@H](O)CC3)c2c1. The number of nitrogens with one attached hydrogen (secondary N) is 1. The first-order valence-corrected chi connectivity index (χ1v) is 13.1. The lowest BCUT2D eigenvalue weighted by Crippen LogP contribution is -2.29. The predicted molar refractivity (Wildman–Crippen MR) is 132 cm³/mol. The summed E-state index contributed by atoms with van der Waals surface area (Å²) in [6.07, 6.45) is 3.37. The van der Waals surface area contributed by atoms with Gasteiger partial charge in [-0.15, -0.1) is 0 Å². The number of nitrogens with zero attached hydrogens (tertiary/aromatic N) is 2. The standard InChI is InChI=1S/C25H31N3O3S/c1-17-6-11-22-21(14-17)23(26-19-7-9-20(29)10-8-19)15-25(27-22)28-12-13-32(30,31)24-5-3-2-4-18(24)16-28/h2-6,11,14-15,19-20,29-31H,7-10,12-13,16H2,1H3,(H,26,27)/t19-,20-. The molecule has 170 valence electrons. The lowest BCUT2D eigenvalue weighted by Gasteiger charge is -2.32. The van der Waals surface area contributed by atoms with Gasteiger partial charge in [0.15, 0.2) is 0 Å². The van der Waals surface area contributed by atoms with Gasteiger partial charge in [0.25, 0.3) is 0 Å². The van der Waals surface area contributed by atoms with E-state index in [0.717, 1.165) is 53.7 Å². The van der Waals surface area contributed by atoms with Crippen molar-refractivity contribution in [2.24, 2.45) is 0 Å². The van der Waals surface area contributed by atoms with Gasteiger partial charge < -0.3 is 15.3 Å². The Labute approximate surface area is 190 Å². The predicted octanol–water partition coefficient (Wildman–Crippen LogP) is 5.39. The van der Waals surface area contributed by atoms with Crippen LogP contribution in [-0.2, 0) is 6.54 Å². The third kappa shape index (κ3) is 4.30. The zero-order valence-electron chi connectivity index (χ0n) is 18.4. The Kier molecular flexibility index (Phi) is 5.75. The molecule has 0 saturated heterocycles. The number of aliphatic hydroxyl groups excluding tert-OH is 1. The minimum atomic E-state index is -2.81. The Morgan fingerprint density at radius 1 is 1.03 bits per heavy atom. The summed E-state index contributed by atoms with van der Waals surface area (Å²) in [5, 5.41) is 14.7. The fraction of sp³-hybridized carbons (Fsp3) is 0.400. The normalized spacial score (nSPS) is 23.9. The molecule has 7 heteroatoms. The number of benzene rings is 2. The highest BCUT2D eigenvalue weighted by Crippen LogP contribution is 2.51. The molecule has 1 aliphatic heterocycles. The molecule has 0 atom stereocenters. The number of aliphatic hydroxyl groups is 1. The van der Waals surface area contributed by atoms with Gasteiger partial charge in [0.2, 0.25) is 0 Å². The highest BCUT2D eigenvalue weighted by atomic mass is 32.3. The van der Waals surface area contributed by atoms with E-state index < -0.39 is 10.6 Å². The number of hydrogen-bond donors (Lipinski definition) is 4. The van der Waals surface area contributed by atoms with Crippen LogP contribution in [-0.4, -0.2) is 43.6 Å². The minimum Gasteiger partial charge on any atom is -0.393 e. The van der Waals surface area contributed by atoms with Crippen molar-refractivity contribution in [3.05, 3.63) is 59.7 Å². The molecular formula is C25H31N3O3S. The maximum Gasteiger partial charge on any atom is 0.131 e. The van der Waals surface area contributed by atoms with E-state index in [0.29, 0.717) is 29.8 Å². The Balaban J connectivity index is 1.52. The summed E-state index contributed by atoms with van der Waals surface area (Å²) in [5.74, 6) is 1.13. The van der Waals surface area contributed by atoms with Crippen LogP contribution in [0.3, 0.4) is 0 Å². The molecule has 6 nitrogen and oxygen atoms in total. The van der Waals surface area contributed by atoms with Crippen molar-refractivity contribution in [1.82, 2.24) is 4.98 Å². The largest absolute Gasteiger partial charge is 0.393 e. The minimum absolute atomic E-state index is 0.183. The van der Waals surface area contributed by atoms with E-state index in [-0.39, 0.29) is 6.10 Å². The maximum atomic E-state index is 10.7. The van der Waals surface area contributed by atoms with Gasteiger partial charge in [-0.2, -0.15) is 10.6 Å². The number of pyridine rings is 1. The lowest BCUT2D eigenvalue weighted by atomic mass is 9.93. The summed E-state index contributed by atoms with van der Waals surface area (Å²) in [4.78, 5) is 7.76. The molecule has 4 N–H and O–H groups in total. The average Bonchev–Trinajstić information content (AvgIpc) is 2.91. The summed E-state index contributed by atoms with van der Waals surface area (Å²) in [6, 6.07) is 16.3. The topological polar surface area (TPSA) is 88.9 Å². The van der Waals surface area contributed by atoms with Gasteiger partial charge in [-0.25, -0.2) is 4.98 Å². The van der Waals surface area contributed by atoms with Crippen LogP contribution in [0.2, 0.25) is 0 Å². The van der Waals surface area contributed by atoms with Crippen LogP contribution in [0.5, 0.6) is 0 Å². The van der Waals surface area contributed by atoms with E-state index in [4.69, 9.17) is 4.98 Å². The molecule has 0 amide bonds. The molecule has 0 unspecified atom stereocenters. The second-order valence-corrected chi connectivity index (χ2v) is 11.3. The van der Waals surface area contributed by atoms with Crippen molar-refractivity contribution < 1.29 is 14.2 Å². The molecule has 2 aliphatic rings. The number of hydrogen-bond acceptors (Lipinski definition) is 6. The molecule has 0 bridgehead atoms. The summed E-state index contributed by atoms with van der Waals surface area (Å²) in [6.45, 7) is 3.20. The fourth-order valence-corrected chi connectivity index (χ4v) is 6.37. The second kappa shape index (κ2) is 8.56. The Hall–Kier alpha value is -2.32. The number of fused-ring (bicyclic) bond motifs is 2. The number of anilines is 2. The van der Waals surface area contributed by atoms with Crippen molar-refractivity contribution in [3.63, 3.8) is 0 Å². The van der Waals surface area contributed by atoms with Crippen molar-refractivity contribution in [1.29, 1.82) is 0 Å². The highest BCUT2D eigenvalue weighted by molar-refractivity contribution is 8.24. The van der Waals surface area contributed by atoms with E-state index in [9.17, 15) is 14.2 Å². The van der Waals surface area contributed by atoms with Crippen LogP contribution in [0.1, 0.15) is 36.8 Å². The van der Waals surface area contributed by atoms with Crippen molar-refractivity contribution >= 4 is 33.0 Å². The van der Waals surface area contributed by atoms with Crippen LogP contribution in [0.15, 0.2) is 53.4 Å². The van der Waals surface area contributed by atoms with Gasteiger partial charge in [-0.1, -0.05) is 29.8 Å². The molecule has 32 heavy (non-hydrogen) atoms. The third-order valence-electron chi connectivity index (χ3n) is 6.66. The molecule has 1 aliphatic carbocycles. The van der Waals surface area contributed by atoms with Crippen molar-refractivity contribution in [3.8, 4) is 0 Å². The lowest BCUT2D eigenvalue weighted by molar-refractivity contribution is 0.126. The molecule has 3 aromatic rings. The molecule has 0 spiro atoms. The van der Waals surface area contributed by atoms with Crippen LogP contribution in [0.25, 0.3) is 10.9 Å². The third-order valence-corrected chi connectivity index (χ3v) is 8.52.